The van der Waals surface area contributed by atoms with E-state index in [1.807, 2.05) is 18.2 Å². The first-order valence-corrected chi connectivity index (χ1v) is 9.10. The first-order chi connectivity index (χ1) is 13.0. The fraction of sp³-hybridized carbons (Fsp3) is 0.579. The highest BCUT2D eigenvalue weighted by Gasteiger charge is 2.36. The number of carbonyl (C=O) groups excluding carboxylic acids is 2. The summed E-state index contributed by atoms with van der Waals surface area (Å²) in [5.41, 5.74) is 5.72. The predicted octanol–water partition coefficient (Wildman–Crippen LogP) is 2.24. The van der Waals surface area contributed by atoms with Crippen LogP contribution < -0.4 is 21.1 Å². The number of amides is 2. The lowest BCUT2D eigenvalue weighted by atomic mass is 10.0. The maximum Gasteiger partial charge on any atom is 0.393 e. The van der Waals surface area contributed by atoms with Gasteiger partial charge in [0.05, 0.1) is 12.0 Å². The Labute approximate surface area is 163 Å². The van der Waals surface area contributed by atoms with E-state index in [9.17, 15) is 22.8 Å². The van der Waals surface area contributed by atoms with E-state index in [0.717, 1.165) is 6.92 Å². The molecule has 0 saturated heterocycles. The van der Waals surface area contributed by atoms with Crippen molar-refractivity contribution >= 4 is 11.8 Å². The summed E-state index contributed by atoms with van der Waals surface area (Å²) in [5.74, 6) is -2.78. The second-order valence-corrected chi connectivity index (χ2v) is 6.84. The zero-order valence-electron chi connectivity index (χ0n) is 16.3. The third kappa shape index (κ3) is 8.16. The summed E-state index contributed by atoms with van der Waals surface area (Å²) in [5, 5.41) is 4.94. The van der Waals surface area contributed by atoms with Crippen LogP contribution >= 0.6 is 0 Å². The van der Waals surface area contributed by atoms with E-state index in [1.54, 1.807) is 19.1 Å². The number of hydrogen-bond acceptors (Lipinski definition) is 4. The maximum absolute atomic E-state index is 12.5. The van der Waals surface area contributed by atoms with E-state index >= 15 is 0 Å². The van der Waals surface area contributed by atoms with Crippen molar-refractivity contribution in [2.75, 3.05) is 13.1 Å². The van der Waals surface area contributed by atoms with Crippen molar-refractivity contribution in [3.8, 4) is 5.75 Å². The van der Waals surface area contributed by atoms with Gasteiger partial charge in [-0.1, -0.05) is 32.0 Å². The van der Waals surface area contributed by atoms with Crippen LogP contribution in [-0.2, 0) is 9.59 Å². The molecule has 1 aromatic carbocycles. The Balaban J connectivity index is 2.49. The van der Waals surface area contributed by atoms with Crippen LogP contribution in [0.15, 0.2) is 30.3 Å². The summed E-state index contributed by atoms with van der Waals surface area (Å²) >= 11 is 0. The molecule has 4 N–H and O–H groups in total. The van der Waals surface area contributed by atoms with E-state index in [4.69, 9.17) is 10.5 Å². The smallest absolute Gasteiger partial charge is 0.393 e. The van der Waals surface area contributed by atoms with Crippen LogP contribution in [0.25, 0.3) is 0 Å². The Morgan fingerprint density at radius 3 is 2.29 bits per heavy atom. The highest BCUT2D eigenvalue weighted by Crippen LogP contribution is 2.24. The molecular formula is C19H28F3N3O3. The monoisotopic (exact) mass is 403 g/mol. The van der Waals surface area contributed by atoms with Crippen molar-refractivity contribution in [2.45, 2.75) is 45.5 Å². The number of benzene rings is 1. The maximum atomic E-state index is 12.5. The van der Waals surface area contributed by atoms with E-state index < -0.39 is 48.5 Å². The first kappa shape index (κ1) is 23.7. The van der Waals surface area contributed by atoms with Gasteiger partial charge in [-0.25, -0.2) is 0 Å². The van der Waals surface area contributed by atoms with Crippen molar-refractivity contribution < 1.29 is 27.5 Å². The number of carbonyl (C=O) groups is 2. The Hall–Kier alpha value is -2.29. The van der Waals surface area contributed by atoms with Gasteiger partial charge in [-0.15, -0.1) is 0 Å². The minimum absolute atomic E-state index is 0.127. The van der Waals surface area contributed by atoms with Gasteiger partial charge in [0.15, 0.2) is 0 Å². The quantitative estimate of drug-likeness (QED) is 0.559. The molecule has 0 heterocycles. The summed E-state index contributed by atoms with van der Waals surface area (Å²) in [6.07, 6.45) is -5.01. The van der Waals surface area contributed by atoms with Gasteiger partial charge < -0.3 is 21.1 Å². The van der Waals surface area contributed by atoms with E-state index in [0.29, 0.717) is 5.75 Å². The second kappa shape index (κ2) is 10.9. The van der Waals surface area contributed by atoms with Gasteiger partial charge in [-0.05, 0) is 19.1 Å². The molecule has 0 aliphatic rings. The van der Waals surface area contributed by atoms with Crippen LogP contribution in [0.2, 0.25) is 0 Å². The lowest BCUT2D eigenvalue weighted by Gasteiger charge is -2.26. The molecule has 0 aliphatic heterocycles. The van der Waals surface area contributed by atoms with Crippen LogP contribution in [-0.4, -0.2) is 43.2 Å². The number of nitrogens with two attached hydrogens (primary N) is 1. The molecule has 4 atom stereocenters. The SMILES string of the molecule is CC(CC(=O)NCC(C)C(F)(F)F)C(=O)NC(CN)[C@@H](C)Oc1ccccc1. The predicted molar refractivity (Wildman–Crippen MR) is 99.5 cm³/mol. The van der Waals surface area contributed by atoms with Crippen LogP contribution in [0, 0.1) is 11.8 Å². The summed E-state index contributed by atoms with van der Waals surface area (Å²) < 4.78 is 43.1. The highest BCUT2D eigenvalue weighted by molar-refractivity contribution is 5.85. The molecule has 28 heavy (non-hydrogen) atoms. The normalized spacial score (nSPS) is 15.8. The van der Waals surface area contributed by atoms with Crippen molar-refractivity contribution in [3.63, 3.8) is 0 Å². The minimum atomic E-state index is -4.38. The molecule has 1 rings (SSSR count). The van der Waals surface area contributed by atoms with Crippen LogP contribution in [0.4, 0.5) is 13.2 Å². The molecule has 0 radical (unpaired) electrons. The highest BCUT2D eigenvalue weighted by atomic mass is 19.4. The molecule has 1 aromatic rings. The number of hydrogen-bond donors (Lipinski definition) is 3. The van der Waals surface area contributed by atoms with Gasteiger partial charge in [-0.2, -0.15) is 13.2 Å². The molecule has 0 spiro atoms. The Morgan fingerprint density at radius 2 is 1.75 bits per heavy atom. The van der Waals surface area contributed by atoms with E-state index in [1.165, 1.54) is 6.92 Å². The Kier molecular flexibility index (Phi) is 9.24. The average Bonchev–Trinajstić information content (AvgIpc) is 2.63. The molecule has 0 bridgehead atoms. The second-order valence-electron chi connectivity index (χ2n) is 6.84. The summed E-state index contributed by atoms with van der Waals surface area (Å²) in [6.45, 7) is 3.88. The van der Waals surface area contributed by atoms with Crippen molar-refractivity contribution in [3.05, 3.63) is 30.3 Å². The molecule has 6 nitrogen and oxygen atoms in total. The van der Waals surface area contributed by atoms with Crippen LogP contribution in [0.5, 0.6) is 5.75 Å². The Bertz CT molecular complexity index is 626. The van der Waals surface area contributed by atoms with Gasteiger partial charge in [0.1, 0.15) is 11.9 Å². The molecule has 158 valence electrons. The molecule has 9 heteroatoms. The summed E-state index contributed by atoms with van der Waals surface area (Å²) in [6, 6.07) is 8.56. The molecule has 0 saturated carbocycles. The fourth-order valence-corrected chi connectivity index (χ4v) is 2.31. The van der Waals surface area contributed by atoms with E-state index in [-0.39, 0.29) is 13.0 Å². The zero-order chi connectivity index (χ0) is 21.3. The van der Waals surface area contributed by atoms with Crippen molar-refractivity contribution in [1.29, 1.82) is 0 Å². The van der Waals surface area contributed by atoms with Gasteiger partial charge in [0.2, 0.25) is 11.8 Å². The molecular weight excluding hydrogens is 375 g/mol. The van der Waals surface area contributed by atoms with Gasteiger partial charge in [-0.3, -0.25) is 9.59 Å². The average molecular weight is 403 g/mol. The lowest BCUT2D eigenvalue weighted by Crippen LogP contribution is -2.50. The zero-order valence-corrected chi connectivity index (χ0v) is 16.3. The van der Waals surface area contributed by atoms with Gasteiger partial charge >= 0.3 is 6.18 Å². The topological polar surface area (TPSA) is 93.5 Å². The summed E-state index contributed by atoms with van der Waals surface area (Å²) in [4.78, 5) is 24.1. The van der Waals surface area contributed by atoms with Crippen molar-refractivity contribution in [1.82, 2.24) is 10.6 Å². The number of rotatable bonds is 10. The first-order valence-electron chi connectivity index (χ1n) is 9.10. The Morgan fingerprint density at radius 1 is 1.14 bits per heavy atom. The number of para-hydroxylation sites is 1. The van der Waals surface area contributed by atoms with Crippen LogP contribution in [0.1, 0.15) is 27.2 Å². The van der Waals surface area contributed by atoms with Crippen LogP contribution in [0.3, 0.4) is 0 Å². The van der Waals surface area contributed by atoms with Gasteiger partial charge in [0, 0.05) is 25.4 Å². The number of halogens is 3. The number of nitrogens with one attached hydrogen (secondary N) is 2. The third-order valence-corrected chi connectivity index (χ3v) is 4.32. The minimum Gasteiger partial charge on any atom is -0.489 e. The van der Waals surface area contributed by atoms with E-state index in [2.05, 4.69) is 10.6 Å². The van der Waals surface area contributed by atoms with Gasteiger partial charge in [0.25, 0.3) is 0 Å². The largest absolute Gasteiger partial charge is 0.489 e. The molecule has 0 aromatic heterocycles. The molecule has 3 unspecified atom stereocenters. The standard InChI is InChI=1S/C19H28F3N3O3/c1-12(9-17(26)24-11-13(2)19(20,21)22)18(27)25-16(10-23)14(3)28-15-7-5-4-6-8-15/h4-8,12-14,16H,9-11,23H2,1-3H3,(H,24,26)(H,25,27)/t12?,13?,14-,16?/m1/s1. The lowest BCUT2D eigenvalue weighted by molar-refractivity contribution is -0.168. The molecule has 0 fully saturated rings. The van der Waals surface area contributed by atoms with Crippen molar-refractivity contribution in [2.24, 2.45) is 17.6 Å². The molecule has 2 amide bonds. The number of alkyl halides is 3. The fourth-order valence-electron chi connectivity index (χ4n) is 2.31. The third-order valence-electron chi connectivity index (χ3n) is 4.32. The number of ether oxygens (including phenoxy) is 1. The summed E-state index contributed by atoms with van der Waals surface area (Å²) in [7, 11) is 0. The molecule has 0 aliphatic carbocycles.